The van der Waals surface area contributed by atoms with Gasteiger partial charge in [0.05, 0.1) is 19.2 Å². The fourth-order valence-corrected chi connectivity index (χ4v) is 3.47. The lowest BCUT2D eigenvalue weighted by Gasteiger charge is -2.16. The third-order valence-corrected chi connectivity index (χ3v) is 4.85. The number of carbonyl (C=O) groups excluding carboxylic acids is 2. The van der Waals surface area contributed by atoms with E-state index in [4.69, 9.17) is 9.15 Å². The largest absolute Gasteiger partial charge is 0.460 e. The van der Waals surface area contributed by atoms with Crippen molar-refractivity contribution < 1.29 is 23.6 Å². The molecule has 0 fully saturated rings. The van der Waals surface area contributed by atoms with Crippen molar-refractivity contribution in [1.82, 2.24) is 0 Å². The van der Waals surface area contributed by atoms with Crippen LogP contribution in [0, 0.1) is 13.8 Å². The number of furan rings is 1. The summed E-state index contributed by atoms with van der Waals surface area (Å²) in [6.07, 6.45) is 0. The minimum Gasteiger partial charge on any atom is -0.460 e. The maximum absolute atomic E-state index is 12.6. The molecule has 1 heterocycles. The maximum atomic E-state index is 12.6. The molecule has 29 heavy (non-hydrogen) atoms. The van der Waals surface area contributed by atoms with Gasteiger partial charge < -0.3 is 19.4 Å². The highest BCUT2D eigenvalue weighted by atomic mass is 16.5. The molecule has 1 unspecified atom stereocenters. The van der Waals surface area contributed by atoms with Gasteiger partial charge in [-0.2, -0.15) is 0 Å². The highest BCUT2D eigenvalue weighted by Crippen LogP contribution is 2.26. The number of hydrogen-bond donors (Lipinski definition) is 2. The highest BCUT2D eigenvalue weighted by molar-refractivity contribution is 5.96. The Morgan fingerprint density at radius 2 is 1.76 bits per heavy atom. The number of esters is 1. The monoisotopic (exact) mass is 395 g/mol. The molecule has 1 aromatic heterocycles. The van der Waals surface area contributed by atoms with E-state index in [9.17, 15) is 9.59 Å². The van der Waals surface area contributed by atoms with Gasteiger partial charge in [0.25, 0.3) is 5.91 Å². The number of para-hydroxylation sites is 2. The molecule has 2 N–H and O–H groups in total. The Hall–Kier alpha value is -3.12. The molecule has 0 aliphatic rings. The second kappa shape index (κ2) is 8.92. The first-order valence-electron chi connectivity index (χ1n) is 9.75. The summed E-state index contributed by atoms with van der Waals surface area (Å²) < 4.78 is 10.9. The predicted octanol–water partition coefficient (Wildman–Crippen LogP) is 2.88. The molecule has 3 aromatic rings. The van der Waals surface area contributed by atoms with Crippen LogP contribution < -0.4 is 10.2 Å². The van der Waals surface area contributed by atoms with Gasteiger partial charge in [0.2, 0.25) is 5.76 Å². The van der Waals surface area contributed by atoms with Crippen molar-refractivity contribution in [2.24, 2.45) is 0 Å². The molecule has 2 aromatic carbocycles. The van der Waals surface area contributed by atoms with Crippen molar-refractivity contribution in [1.29, 1.82) is 0 Å². The van der Waals surface area contributed by atoms with E-state index < -0.39 is 5.97 Å². The molecular weight excluding hydrogens is 368 g/mol. The Labute approximate surface area is 170 Å². The summed E-state index contributed by atoms with van der Waals surface area (Å²) in [5.41, 5.74) is 4.31. The van der Waals surface area contributed by atoms with E-state index in [-0.39, 0.29) is 24.8 Å². The van der Waals surface area contributed by atoms with Gasteiger partial charge in [0, 0.05) is 11.1 Å². The Morgan fingerprint density at radius 3 is 2.45 bits per heavy atom. The summed E-state index contributed by atoms with van der Waals surface area (Å²) >= 11 is 0. The van der Waals surface area contributed by atoms with Crippen LogP contribution in [0.2, 0.25) is 0 Å². The van der Waals surface area contributed by atoms with E-state index >= 15 is 0 Å². The van der Waals surface area contributed by atoms with E-state index in [1.54, 1.807) is 6.92 Å². The van der Waals surface area contributed by atoms with Gasteiger partial charge in [-0.3, -0.25) is 4.79 Å². The Balaban J connectivity index is 1.77. The van der Waals surface area contributed by atoms with Gasteiger partial charge in [0.1, 0.15) is 12.1 Å². The van der Waals surface area contributed by atoms with Crippen molar-refractivity contribution >= 4 is 28.5 Å². The van der Waals surface area contributed by atoms with Gasteiger partial charge in [-0.15, -0.1) is 0 Å². The van der Waals surface area contributed by atoms with Crippen LogP contribution in [-0.4, -0.2) is 32.1 Å². The van der Waals surface area contributed by atoms with Crippen LogP contribution in [0.5, 0.6) is 0 Å². The third kappa shape index (κ3) is 4.66. The van der Waals surface area contributed by atoms with Crippen LogP contribution in [0.15, 0.2) is 46.9 Å². The zero-order valence-corrected chi connectivity index (χ0v) is 17.3. The molecule has 152 valence electrons. The lowest BCUT2D eigenvalue weighted by Crippen LogP contribution is -3.08. The molecule has 3 rings (SSSR count). The SMILES string of the molecule is CCOC(=O)c1oc2ccccc2c1C[NH+](C)CC(=O)Nc1c(C)cccc1C. The predicted molar refractivity (Wildman–Crippen MR) is 112 cm³/mol. The number of hydrogen-bond acceptors (Lipinski definition) is 4. The van der Waals surface area contributed by atoms with Gasteiger partial charge in [0.15, 0.2) is 6.54 Å². The number of aryl methyl sites for hydroxylation is 2. The number of carbonyl (C=O) groups is 2. The van der Waals surface area contributed by atoms with Crippen LogP contribution >= 0.6 is 0 Å². The third-order valence-electron chi connectivity index (χ3n) is 4.85. The number of fused-ring (bicyclic) bond motifs is 1. The maximum Gasteiger partial charge on any atom is 0.374 e. The van der Waals surface area contributed by atoms with E-state index in [0.29, 0.717) is 12.1 Å². The molecule has 0 aliphatic carbocycles. The highest BCUT2D eigenvalue weighted by Gasteiger charge is 2.25. The summed E-state index contributed by atoms with van der Waals surface area (Å²) in [5.74, 6) is -0.348. The van der Waals surface area contributed by atoms with Crippen molar-refractivity contribution in [2.75, 3.05) is 25.5 Å². The summed E-state index contributed by atoms with van der Waals surface area (Å²) in [4.78, 5) is 25.9. The first kappa shape index (κ1) is 20.6. The Bertz CT molecular complexity index is 1020. The normalized spacial score (nSPS) is 12.0. The van der Waals surface area contributed by atoms with Gasteiger partial charge in [-0.1, -0.05) is 36.4 Å². The molecule has 0 spiro atoms. The molecule has 0 aliphatic heterocycles. The Morgan fingerprint density at radius 1 is 1.07 bits per heavy atom. The Kier molecular flexibility index (Phi) is 6.34. The quantitative estimate of drug-likeness (QED) is 0.604. The fourth-order valence-electron chi connectivity index (χ4n) is 3.47. The van der Waals surface area contributed by atoms with Gasteiger partial charge >= 0.3 is 5.97 Å². The van der Waals surface area contributed by atoms with Crippen LogP contribution in [-0.2, 0) is 16.1 Å². The first-order chi connectivity index (χ1) is 13.9. The van der Waals surface area contributed by atoms with Gasteiger partial charge in [-0.05, 0) is 38.0 Å². The van der Waals surface area contributed by atoms with Crippen LogP contribution in [0.3, 0.4) is 0 Å². The number of anilines is 1. The molecule has 0 bridgehead atoms. The zero-order valence-electron chi connectivity index (χ0n) is 17.3. The van der Waals surface area contributed by atoms with Crippen LogP contribution in [0.25, 0.3) is 11.0 Å². The summed E-state index contributed by atoms with van der Waals surface area (Å²) in [7, 11) is 1.92. The second-order valence-electron chi connectivity index (χ2n) is 7.25. The fraction of sp³-hybridized carbons (Fsp3) is 0.304. The molecule has 6 nitrogen and oxygen atoms in total. The lowest BCUT2D eigenvalue weighted by molar-refractivity contribution is -0.885. The standard InChI is InChI=1S/C23H26N2O4/c1-5-28-23(27)22-18(17-11-6-7-12-19(17)29-22)13-25(4)14-20(26)24-21-15(2)9-8-10-16(21)3/h6-12H,5,13-14H2,1-4H3,(H,24,26)/p+1. The molecular formula is C23H27N2O4+. The average molecular weight is 395 g/mol. The van der Waals surface area contributed by atoms with Crippen molar-refractivity contribution in [2.45, 2.75) is 27.3 Å². The average Bonchev–Trinajstić information content (AvgIpc) is 3.03. The molecule has 1 atom stereocenters. The molecule has 1 amide bonds. The number of benzene rings is 2. The summed E-state index contributed by atoms with van der Waals surface area (Å²) in [5, 5.41) is 3.87. The number of quaternary nitrogens is 1. The van der Waals surface area contributed by atoms with E-state index in [0.717, 1.165) is 32.7 Å². The first-order valence-corrected chi connectivity index (χ1v) is 9.75. The topological polar surface area (TPSA) is 73.0 Å². The number of rotatable bonds is 7. The molecule has 6 heteroatoms. The second-order valence-corrected chi connectivity index (χ2v) is 7.25. The number of ether oxygens (including phenoxy) is 1. The summed E-state index contributed by atoms with van der Waals surface area (Å²) in [6, 6.07) is 13.4. The minimum atomic E-state index is -0.480. The van der Waals surface area contributed by atoms with E-state index in [2.05, 4.69) is 5.32 Å². The zero-order chi connectivity index (χ0) is 21.0. The van der Waals surface area contributed by atoms with Gasteiger partial charge in [-0.25, -0.2) is 4.79 Å². The van der Waals surface area contributed by atoms with Crippen molar-refractivity contribution in [3.05, 3.63) is 64.9 Å². The molecule has 0 saturated heterocycles. The molecule has 0 radical (unpaired) electrons. The van der Waals surface area contributed by atoms with Crippen molar-refractivity contribution in [3.8, 4) is 0 Å². The van der Waals surface area contributed by atoms with E-state index in [1.165, 1.54) is 0 Å². The number of nitrogens with one attached hydrogen (secondary N) is 2. The van der Waals surface area contributed by atoms with Crippen molar-refractivity contribution in [3.63, 3.8) is 0 Å². The van der Waals surface area contributed by atoms with Crippen LogP contribution in [0.1, 0.15) is 34.2 Å². The number of likely N-dealkylation sites (N-methyl/N-ethyl adjacent to an activating group) is 1. The van der Waals surface area contributed by atoms with Crippen LogP contribution in [0.4, 0.5) is 5.69 Å². The number of amides is 1. The van der Waals surface area contributed by atoms with E-state index in [1.807, 2.05) is 63.4 Å². The minimum absolute atomic E-state index is 0.0783. The summed E-state index contributed by atoms with van der Waals surface area (Å²) in [6.45, 7) is 6.71. The lowest BCUT2D eigenvalue weighted by atomic mass is 10.1. The smallest absolute Gasteiger partial charge is 0.374 e. The molecule has 0 saturated carbocycles.